The number of nitro benzene ring substituents is 1. The van der Waals surface area contributed by atoms with Crippen LogP contribution in [0, 0.1) is 17.0 Å². The molecule has 0 spiro atoms. The van der Waals surface area contributed by atoms with E-state index in [-0.39, 0.29) is 11.8 Å². The largest absolute Gasteiger partial charge is 0.480 e. The van der Waals surface area contributed by atoms with Crippen LogP contribution in [0.5, 0.6) is 0 Å². The van der Waals surface area contributed by atoms with Crippen molar-refractivity contribution in [3.8, 4) is 0 Å². The second-order valence-corrected chi connectivity index (χ2v) is 4.85. The maximum Gasteiger partial charge on any atom is 0.326 e. The highest BCUT2D eigenvalue weighted by Crippen LogP contribution is 2.35. The molecule has 2 rings (SSSR count). The molecule has 0 radical (unpaired) electrons. The quantitative estimate of drug-likeness (QED) is 0.665. The fraction of sp³-hybridized carbons (Fsp3) is 0.462. The lowest BCUT2D eigenvalue weighted by atomic mass is 10.1. The van der Waals surface area contributed by atoms with Gasteiger partial charge in [0.15, 0.2) is 0 Å². The average molecular weight is 280 g/mol. The number of aliphatic carboxylic acids is 1. The molecule has 1 aliphatic rings. The van der Waals surface area contributed by atoms with Gasteiger partial charge in [-0.25, -0.2) is 4.79 Å². The van der Waals surface area contributed by atoms with Crippen LogP contribution in [0.2, 0.25) is 0 Å². The lowest BCUT2D eigenvalue weighted by Gasteiger charge is -2.23. The molecule has 1 heterocycles. The number of anilines is 1. The van der Waals surface area contributed by atoms with Gasteiger partial charge in [-0.2, -0.15) is 0 Å². The van der Waals surface area contributed by atoms with Crippen LogP contribution in [0.3, 0.4) is 0 Å². The van der Waals surface area contributed by atoms with Crippen molar-refractivity contribution in [2.24, 2.45) is 0 Å². The Morgan fingerprint density at radius 1 is 1.55 bits per heavy atom. The number of aryl methyl sites for hydroxylation is 1. The number of nitro groups is 1. The molecule has 1 aliphatic heterocycles. The number of methoxy groups -OCH3 is 1. The summed E-state index contributed by atoms with van der Waals surface area (Å²) >= 11 is 0. The maximum atomic E-state index is 11.3. The zero-order valence-electron chi connectivity index (χ0n) is 11.3. The van der Waals surface area contributed by atoms with Crippen LogP contribution in [-0.4, -0.2) is 41.8 Å². The summed E-state index contributed by atoms with van der Waals surface area (Å²) in [5.74, 6) is -1.000. The third-order valence-electron chi connectivity index (χ3n) is 3.52. The van der Waals surface area contributed by atoms with E-state index >= 15 is 0 Å². The van der Waals surface area contributed by atoms with Crippen molar-refractivity contribution < 1.29 is 19.6 Å². The van der Waals surface area contributed by atoms with Crippen LogP contribution in [0.25, 0.3) is 0 Å². The smallest absolute Gasteiger partial charge is 0.326 e. The highest BCUT2D eigenvalue weighted by atomic mass is 16.6. The number of hydrogen-bond donors (Lipinski definition) is 1. The standard InChI is InChI=1S/C13H16N2O5/c1-8-3-4-10(15(18)19)11(5-8)14-7-9(20-2)6-12(14)13(16)17/h3-5,9,12H,6-7H2,1-2H3,(H,16,17). The molecule has 0 amide bonds. The number of benzene rings is 1. The van der Waals surface area contributed by atoms with Gasteiger partial charge in [-0.15, -0.1) is 0 Å². The molecule has 1 aromatic carbocycles. The fourth-order valence-electron chi connectivity index (χ4n) is 2.49. The predicted octanol–water partition coefficient (Wildman–Crippen LogP) is 1.58. The Labute approximate surface area is 115 Å². The van der Waals surface area contributed by atoms with E-state index in [4.69, 9.17) is 4.74 Å². The van der Waals surface area contributed by atoms with Gasteiger partial charge < -0.3 is 14.7 Å². The molecule has 2 unspecified atom stereocenters. The average Bonchev–Trinajstić information content (AvgIpc) is 2.82. The summed E-state index contributed by atoms with van der Waals surface area (Å²) in [6.45, 7) is 2.14. The minimum atomic E-state index is -1.000. The Morgan fingerprint density at radius 3 is 2.80 bits per heavy atom. The molecule has 1 N–H and O–H groups in total. The van der Waals surface area contributed by atoms with Gasteiger partial charge >= 0.3 is 5.97 Å². The normalized spacial score (nSPS) is 22.0. The van der Waals surface area contributed by atoms with E-state index in [1.807, 2.05) is 6.92 Å². The van der Waals surface area contributed by atoms with Crippen LogP contribution < -0.4 is 4.90 Å². The molecule has 20 heavy (non-hydrogen) atoms. The summed E-state index contributed by atoms with van der Waals surface area (Å²) < 4.78 is 5.20. The first-order valence-electron chi connectivity index (χ1n) is 6.21. The van der Waals surface area contributed by atoms with Gasteiger partial charge in [0.05, 0.1) is 11.0 Å². The summed E-state index contributed by atoms with van der Waals surface area (Å²) in [6, 6.07) is 3.89. The Bertz CT molecular complexity index is 546. The van der Waals surface area contributed by atoms with Gasteiger partial charge in [0, 0.05) is 26.1 Å². The molecule has 108 valence electrons. The van der Waals surface area contributed by atoms with Crippen LogP contribution in [0.15, 0.2) is 18.2 Å². The molecule has 0 aromatic heterocycles. The molecular weight excluding hydrogens is 264 g/mol. The van der Waals surface area contributed by atoms with Gasteiger partial charge in [-0.3, -0.25) is 10.1 Å². The van der Waals surface area contributed by atoms with E-state index in [9.17, 15) is 20.0 Å². The van der Waals surface area contributed by atoms with E-state index in [2.05, 4.69) is 0 Å². The van der Waals surface area contributed by atoms with Gasteiger partial charge in [0.2, 0.25) is 0 Å². The minimum absolute atomic E-state index is 0.0846. The highest BCUT2D eigenvalue weighted by molar-refractivity contribution is 5.81. The fourth-order valence-corrected chi connectivity index (χ4v) is 2.49. The zero-order valence-corrected chi connectivity index (χ0v) is 11.3. The van der Waals surface area contributed by atoms with Crippen LogP contribution in [-0.2, 0) is 9.53 Å². The summed E-state index contributed by atoms with van der Waals surface area (Å²) in [7, 11) is 1.51. The maximum absolute atomic E-state index is 11.3. The molecule has 0 saturated carbocycles. The number of nitrogens with zero attached hydrogens (tertiary/aromatic N) is 2. The van der Waals surface area contributed by atoms with Crippen molar-refractivity contribution >= 4 is 17.3 Å². The van der Waals surface area contributed by atoms with E-state index in [1.54, 1.807) is 17.0 Å². The molecule has 1 aromatic rings. The van der Waals surface area contributed by atoms with E-state index in [1.165, 1.54) is 13.2 Å². The molecule has 7 nitrogen and oxygen atoms in total. The lowest BCUT2D eigenvalue weighted by molar-refractivity contribution is -0.384. The van der Waals surface area contributed by atoms with Crippen molar-refractivity contribution in [2.45, 2.75) is 25.5 Å². The Hall–Kier alpha value is -2.15. The Morgan fingerprint density at radius 2 is 2.25 bits per heavy atom. The molecular formula is C13H16N2O5. The third-order valence-corrected chi connectivity index (χ3v) is 3.52. The van der Waals surface area contributed by atoms with Gasteiger partial charge in [0.25, 0.3) is 5.69 Å². The van der Waals surface area contributed by atoms with E-state index in [0.717, 1.165) is 5.56 Å². The summed E-state index contributed by atoms with van der Waals surface area (Å²) in [4.78, 5) is 23.5. The van der Waals surface area contributed by atoms with Gasteiger partial charge in [-0.05, 0) is 18.6 Å². The molecule has 0 bridgehead atoms. The van der Waals surface area contributed by atoms with Crippen molar-refractivity contribution in [1.29, 1.82) is 0 Å². The number of ether oxygens (including phenoxy) is 1. The number of carboxylic acid groups (broad SMARTS) is 1. The first kappa shape index (κ1) is 14.3. The molecule has 7 heteroatoms. The van der Waals surface area contributed by atoms with E-state index in [0.29, 0.717) is 18.7 Å². The Balaban J connectivity index is 2.45. The van der Waals surface area contributed by atoms with Crippen molar-refractivity contribution in [3.63, 3.8) is 0 Å². The minimum Gasteiger partial charge on any atom is -0.480 e. The summed E-state index contributed by atoms with van der Waals surface area (Å²) in [6.07, 6.45) is 0.0768. The number of hydrogen-bond acceptors (Lipinski definition) is 5. The second-order valence-electron chi connectivity index (χ2n) is 4.85. The molecule has 0 aliphatic carbocycles. The van der Waals surface area contributed by atoms with Gasteiger partial charge in [0.1, 0.15) is 11.7 Å². The number of rotatable bonds is 4. The number of carboxylic acids is 1. The summed E-state index contributed by atoms with van der Waals surface area (Å²) in [5.41, 5.74) is 1.09. The third kappa shape index (κ3) is 2.57. The van der Waals surface area contributed by atoms with Crippen LogP contribution in [0.1, 0.15) is 12.0 Å². The first-order chi connectivity index (χ1) is 9.43. The molecule has 2 atom stereocenters. The van der Waals surface area contributed by atoms with Gasteiger partial charge in [-0.1, -0.05) is 6.07 Å². The predicted molar refractivity (Wildman–Crippen MR) is 72.0 cm³/mol. The first-order valence-corrected chi connectivity index (χ1v) is 6.21. The summed E-state index contributed by atoms with van der Waals surface area (Å²) in [5, 5.41) is 20.4. The monoisotopic (exact) mass is 280 g/mol. The zero-order chi connectivity index (χ0) is 14.9. The van der Waals surface area contributed by atoms with Crippen molar-refractivity contribution in [1.82, 2.24) is 0 Å². The van der Waals surface area contributed by atoms with E-state index < -0.39 is 16.9 Å². The van der Waals surface area contributed by atoms with Crippen LogP contribution in [0.4, 0.5) is 11.4 Å². The lowest BCUT2D eigenvalue weighted by Crippen LogP contribution is -2.36. The Kier molecular flexibility index (Phi) is 3.89. The number of carbonyl (C=O) groups is 1. The molecule has 1 fully saturated rings. The SMILES string of the molecule is COC1CC(C(=O)O)N(c2cc(C)ccc2[N+](=O)[O-])C1. The van der Waals surface area contributed by atoms with Crippen molar-refractivity contribution in [3.05, 3.63) is 33.9 Å². The van der Waals surface area contributed by atoms with Crippen molar-refractivity contribution in [2.75, 3.05) is 18.6 Å². The highest BCUT2D eigenvalue weighted by Gasteiger charge is 2.39. The second kappa shape index (κ2) is 5.46. The van der Waals surface area contributed by atoms with Crippen LogP contribution >= 0.6 is 0 Å². The molecule has 1 saturated heterocycles. The topological polar surface area (TPSA) is 92.9 Å².